The zero-order valence-corrected chi connectivity index (χ0v) is 18.9. The van der Waals surface area contributed by atoms with Gasteiger partial charge in [-0.05, 0) is 32.1 Å². The zero-order chi connectivity index (χ0) is 22.5. The Bertz CT molecular complexity index is 472. The predicted molar refractivity (Wildman–Crippen MR) is 121 cm³/mol. The molecule has 0 aliphatic heterocycles. The van der Waals surface area contributed by atoms with E-state index in [9.17, 15) is 14.4 Å². The van der Waals surface area contributed by atoms with E-state index in [0.717, 1.165) is 32.1 Å². The molecule has 0 atom stereocenters. The Kier molecular flexibility index (Phi) is 19.2. The van der Waals surface area contributed by atoms with Crippen molar-refractivity contribution in [3.63, 3.8) is 0 Å². The van der Waals surface area contributed by atoms with E-state index in [1.807, 2.05) is 0 Å². The number of amides is 1. The van der Waals surface area contributed by atoms with Crippen LogP contribution in [0, 0.1) is 0 Å². The molecule has 174 valence electrons. The fraction of sp³-hybridized carbons (Fsp3) is 0.792. The summed E-state index contributed by atoms with van der Waals surface area (Å²) >= 11 is 0. The molecule has 0 aromatic rings. The Morgan fingerprint density at radius 2 is 1.07 bits per heavy atom. The van der Waals surface area contributed by atoms with Crippen LogP contribution in [-0.2, 0) is 14.4 Å². The van der Waals surface area contributed by atoms with Crippen LogP contribution in [0.3, 0.4) is 0 Å². The number of nitrogens with zero attached hydrogens (tertiary/aromatic N) is 1. The van der Waals surface area contributed by atoms with Crippen LogP contribution in [0.4, 0.5) is 0 Å². The zero-order valence-electron chi connectivity index (χ0n) is 18.9. The van der Waals surface area contributed by atoms with Crippen molar-refractivity contribution >= 4 is 17.8 Å². The topological polar surface area (TPSA) is 94.9 Å². The van der Waals surface area contributed by atoms with Gasteiger partial charge in [0.2, 0.25) is 5.91 Å². The molecule has 0 heterocycles. The Labute approximate surface area is 182 Å². The van der Waals surface area contributed by atoms with Crippen LogP contribution in [0.15, 0.2) is 12.2 Å². The van der Waals surface area contributed by atoms with Crippen LogP contribution in [0.5, 0.6) is 0 Å². The van der Waals surface area contributed by atoms with Crippen LogP contribution in [0.1, 0.15) is 110 Å². The van der Waals surface area contributed by atoms with E-state index in [1.165, 1.54) is 56.3 Å². The SMILES string of the molecule is CCCCCCCC/C=C\CCCCCCCC(=O)N(CCC(=O)O)CCC(=O)O. The van der Waals surface area contributed by atoms with Gasteiger partial charge < -0.3 is 15.1 Å². The van der Waals surface area contributed by atoms with Crippen LogP contribution in [-0.4, -0.2) is 46.0 Å². The van der Waals surface area contributed by atoms with Crippen molar-refractivity contribution in [2.24, 2.45) is 0 Å². The van der Waals surface area contributed by atoms with Crippen molar-refractivity contribution in [3.8, 4) is 0 Å². The molecule has 0 saturated carbocycles. The van der Waals surface area contributed by atoms with Gasteiger partial charge in [0.1, 0.15) is 0 Å². The molecule has 0 bridgehead atoms. The van der Waals surface area contributed by atoms with Gasteiger partial charge >= 0.3 is 11.9 Å². The Balaban J connectivity index is 3.69. The first kappa shape index (κ1) is 28.1. The second kappa shape index (κ2) is 20.4. The lowest BCUT2D eigenvalue weighted by molar-refractivity contribution is -0.139. The van der Waals surface area contributed by atoms with E-state index in [0.29, 0.717) is 6.42 Å². The largest absolute Gasteiger partial charge is 0.481 e. The highest BCUT2D eigenvalue weighted by atomic mass is 16.4. The number of rotatable bonds is 21. The smallest absolute Gasteiger partial charge is 0.305 e. The van der Waals surface area contributed by atoms with Crippen molar-refractivity contribution in [1.29, 1.82) is 0 Å². The number of unbranched alkanes of at least 4 members (excludes halogenated alkanes) is 11. The maximum absolute atomic E-state index is 12.2. The minimum Gasteiger partial charge on any atom is -0.481 e. The Morgan fingerprint density at radius 3 is 1.53 bits per heavy atom. The Hall–Kier alpha value is -1.85. The number of hydrogen-bond donors (Lipinski definition) is 2. The van der Waals surface area contributed by atoms with Gasteiger partial charge in [-0.2, -0.15) is 0 Å². The third-order valence-electron chi connectivity index (χ3n) is 5.20. The highest BCUT2D eigenvalue weighted by Gasteiger charge is 2.15. The maximum Gasteiger partial charge on any atom is 0.305 e. The second-order valence-corrected chi connectivity index (χ2v) is 8.00. The van der Waals surface area contributed by atoms with Crippen LogP contribution >= 0.6 is 0 Å². The third kappa shape index (κ3) is 19.5. The molecule has 1 amide bonds. The van der Waals surface area contributed by atoms with E-state index in [-0.39, 0.29) is 31.8 Å². The highest BCUT2D eigenvalue weighted by molar-refractivity contribution is 5.77. The second-order valence-electron chi connectivity index (χ2n) is 8.00. The van der Waals surface area contributed by atoms with Gasteiger partial charge in [-0.1, -0.05) is 70.4 Å². The van der Waals surface area contributed by atoms with Crippen molar-refractivity contribution in [3.05, 3.63) is 12.2 Å². The molecule has 0 saturated heterocycles. The van der Waals surface area contributed by atoms with Crippen LogP contribution in [0.2, 0.25) is 0 Å². The first-order chi connectivity index (χ1) is 14.5. The summed E-state index contributed by atoms with van der Waals surface area (Å²) in [5, 5.41) is 17.6. The molecule has 0 fully saturated rings. The summed E-state index contributed by atoms with van der Waals surface area (Å²) in [7, 11) is 0. The fourth-order valence-corrected chi connectivity index (χ4v) is 3.33. The molecule has 2 N–H and O–H groups in total. The molecule has 0 aromatic carbocycles. The van der Waals surface area contributed by atoms with Gasteiger partial charge in [0.15, 0.2) is 0 Å². The summed E-state index contributed by atoms with van der Waals surface area (Å²) in [5.74, 6) is -2.11. The van der Waals surface area contributed by atoms with Crippen LogP contribution < -0.4 is 0 Å². The molecular formula is C24H43NO5. The highest BCUT2D eigenvalue weighted by Crippen LogP contribution is 2.11. The van der Waals surface area contributed by atoms with Gasteiger partial charge in [-0.25, -0.2) is 0 Å². The molecule has 6 heteroatoms. The molecule has 0 spiro atoms. The van der Waals surface area contributed by atoms with E-state index in [4.69, 9.17) is 10.2 Å². The monoisotopic (exact) mass is 425 g/mol. The van der Waals surface area contributed by atoms with Gasteiger partial charge in [0.25, 0.3) is 0 Å². The number of carboxylic acids is 2. The average molecular weight is 426 g/mol. The normalized spacial score (nSPS) is 11.1. The quantitative estimate of drug-likeness (QED) is 0.179. The third-order valence-corrected chi connectivity index (χ3v) is 5.20. The summed E-state index contributed by atoms with van der Waals surface area (Å²) < 4.78 is 0. The van der Waals surface area contributed by atoms with E-state index >= 15 is 0 Å². The lowest BCUT2D eigenvalue weighted by Crippen LogP contribution is -2.34. The van der Waals surface area contributed by atoms with Crippen molar-refractivity contribution in [2.75, 3.05) is 13.1 Å². The van der Waals surface area contributed by atoms with Gasteiger partial charge in [0.05, 0.1) is 12.8 Å². The molecule has 30 heavy (non-hydrogen) atoms. The van der Waals surface area contributed by atoms with Gasteiger partial charge in [-0.3, -0.25) is 14.4 Å². The molecule has 6 nitrogen and oxygen atoms in total. The number of carboxylic acid groups (broad SMARTS) is 2. The van der Waals surface area contributed by atoms with Crippen molar-refractivity contribution < 1.29 is 24.6 Å². The Morgan fingerprint density at radius 1 is 0.633 bits per heavy atom. The number of aliphatic carboxylic acids is 2. The summed E-state index contributed by atoms with van der Waals surface area (Å²) in [4.78, 5) is 35.0. The standard InChI is InChI=1S/C24H43NO5/c1-2-3-4-5-6-7-8-9-10-11-12-13-14-15-16-17-22(26)25(20-18-23(27)28)21-19-24(29)30/h9-10H,2-8,11-21H2,1H3,(H,27,28)(H,29,30)/b10-9-. The molecule has 0 radical (unpaired) electrons. The average Bonchev–Trinajstić information content (AvgIpc) is 2.70. The first-order valence-electron chi connectivity index (χ1n) is 11.8. The predicted octanol–water partition coefficient (Wildman–Crippen LogP) is 5.80. The van der Waals surface area contributed by atoms with E-state index in [2.05, 4.69) is 19.1 Å². The van der Waals surface area contributed by atoms with E-state index < -0.39 is 11.9 Å². The van der Waals surface area contributed by atoms with E-state index in [1.54, 1.807) is 0 Å². The summed E-state index contributed by atoms with van der Waals surface area (Å²) in [6.07, 6.45) is 20.1. The summed E-state index contributed by atoms with van der Waals surface area (Å²) in [6, 6.07) is 0. The fourth-order valence-electron chi connectivity index (χ4n) is 3.33. The minimum atomic E-state index is -0.982. The molecule has 0 aromatic heterocycles. The molecule has 0 rings (SSSR count). The maximum atomic E-state index is 12.2. The molecule has 0 aliphatic carbocycles. The minimum absolute atomic E-state index is 0.0759. The summed E-state index contributed by atoms with van der Waals surface area (Å²) in [5.41, 5.74) is 0. The summed E-state index contributed by atoms with van der Waals surface area (Å²) in [6.45, 7) is 2.39. The first-order valence-corrected chi connectivity index (χ1v) is 11.8. The number of carbonyl (C=O) groups excluding carboxylic acids is 1. The van der Waals surface area contributed by atoms with Gasteiger partial charge in [0, 0.05) is 19.5 Å². The molecule has 0 unspecified atom stereocenters. The lowest BCUT2D eigenvalue weighted by Gasteiger charge is -2.21. The van der Waals surface area contributed by atoms with Crippen LogP contribution in [0.25, 0.3) is 0 Å². The lowest BCUT2D eigenvalue weighted by atomic mass is 10.1. The van der Waals surface area contributed by atoms with Gasteiger partial charge in [-0.15, -0.1) is 0 Å². The number of allylic oxidation sites excluding steroid dienone is 2. The molecular weight excluding hydrogens is 382 g/mol. The number of hydrogen-bond acceptors (Lipinski definition) is 3. The number of carbonyl (C=O) groups is 3. The van der Waals surface area contributed by atoms with Crippen molar-refractivity contribution in [1.82, 2.24) is 4.90 Å². The molecule has 0 aliphatic rings. The van der Waals surface area contributed by atoms with Crippen molar-refractivity contribution in [2.45, 2.75) is 110 Å².